The Morgan fingerprint density at radius 3 is 2.15 bits per heavy atom. The lowest BCUT2D eigenvalue weighted by Crippen LogP contribution is -2.52. The highest BCUT2D eigenvalue weighted by Crippen LogP contribution is 2.31. The number of hydrogen-bond acceptors (Lipinski definition) is 4. The summed E-state index contributed by atoms with van der Waals surface area (Å²) in [5, 5.41) is 3.72. The van der Waals surface area contributed by atoms with Crippen molar-refractivity contribution >= 4 is 50.7 Å². The molecule has 7 nitrogen and oxygen atoms in total. The van der Waals surface area contributed by atoms with Gasteiger partial charge in [-0.2, -0.15) is 0 Å². The topological polar surface area (TPSA) is 86.8 Å². The zero-order chi connectivity index (χ0) is 29.4. The summed E-state index contributed by atoms with van der Waals surface area (Å²) in [5.74, 6) is -0.648. The van der Waals surface area contributed by atoms with Crippen LogP contribution in [0, 0.1) is 12.8 Å². The summed E-state index contributed by atoms with van der Waals surface area (Å²) >= 11 is 12.8. The quantitative estimate of drug-likeness (QED) is 0.272. The third kappa shape index (κ3) is 7.56. The first-order valence-corrected chi connectivity index (χ1v) is 15.3. The van der Waals surface area contributed by atoms with Crippen LogP contribution in [0.1, 0.15) is 38.3 Å². The molecule has 0 aliphatic heterocycles. The number of anilines is 1. The van der Waals surface area contributed by atoms with E-state index in [0.717, 1.165) is 4.31 Å². The van der Waals surface area contributed by atoms with E-state index in [1.807, 2.05) is 20.8 Å². The molecule has 0 aromatic heterocycles. The van der Waals surface area contributed by atoms with E-state index in [9.17, 15) is 18.0 Å². The molecule has 1 N–H and O–H groups in total. The van der Waals surface area contributed by atoms with Gasteiger partial charge >= 0.3 is 0 Å². The lowest BCUT2D eigenvalue weighted by atomic mass is 10.1. The summed E-state index contributed by atoms with van der Waals surface area (Å²) < 4.78 is 28.9. The van der Waals surface area contributed by atoms with Crippen LogP contribution in [0.15, 0.2) is 77.7 Å². The predicted octanol–water partition coefficient (Wildman–Crippen LogP) is 6.08. The van der Waals surface area contributed by atoms with E-state index >= 15 is 0 Å². The highest BCUT2D eigenvalue weighted by atomic mass is 35.5. The second kappa shape index (κ2) is 14.0. The van der Waals surface area contributed by atoms with Gasteiger partial charge in [-0.1, -0.05) is 86.4 Å². The van der Waals surface area contributed by atoms with Crippen molar-refractivity contribution in [2.24, 2.45) is 5.92 Å². The van der Waals surface area contributed by atoms with Crippen LogP contribution in [0.3, 0.4) is 0 Å². The summed E-state index contributed by atoms with van der Waals surface area (Å²) in [4.78, 5) is 28.8. The largest absolute Gasteiger partial charge is 0.354 e. The molecule has 2 amide bonds. The van der Waals surface area contributed by atoms with E-state index in [1.54, 1.807) is 67.6 Å². The smallest absolute Gasteiger partial charge is 0.264 e. The zero-order valence-electron chi connectivity index (χ0n) is 23.1. The molecule has 3 rings (SSSR count). The maximum atomic E-state index is 14.1. The van der Waals surface area contributed by atoms with Crippen molar-refractivity contribution in [3.63, 3.8) is 0 Å². The van der Waals surface area contributed by atoms with Crippen molar-refractivity contribution in [2.75, 3.05) is 17.4 Å². The molecule has 214 valence electrons. The molecule has 0 spiro atoms. The molecule has 0 saturated carbocycles. The van der Waals surface area contributed by atoms with Crippen molar-refractivity contribution in [1.82, 2.24) is 10.2 Å². The van der Waals surface area contributed by atoms with Crippen LogP contribution in [0.5, 0.6) is 0 Å². The minimum atomic E-state index is -4.18. The number of nitrogens with one attached hydrogen (secondary N) is 1. The molecule has 0 fully saturated rings. The molecule has 3 aromatic carbocycles. The van der Waals surface area contributed by atoms with E-state index in [-0.39, 0.29) is 29.0 Å². The lowest BCUT2D eigenvalue weighted by molar-refractivity contribution is -0.140. The number of rotatable bonds is 12. The van der Waals surface area contributed by atoms with E-state index in [4.69, 9.17) is 23.2 Å². The van der Waals surface area contributed by atoms with Crippen LogP contribution in [0.25, 0.3) is 0 Å². The molecule has 10 heteroatoms. The van der Waals surface area contributed by atoms with Gasteiger partial charge in [0.1, 0.15) is 12.6 Å². The van der Waals surface area contributed by atoms with Crippen LogP contribution in [0.4, 0.5) is 5.69 Å². The lowest BCUT2D eigenvalue weighted by Gasteiger charge is -2.34. The molecule has 0 heterocycles. The van der Waals surface area contributed by atoms with Crippen molar-refractivity contribution < 1.29 is 18.0 Å². The summed E-state index contributed by atoms with van der Waals surface area (Å²) in [6.07, 6.45) is 0.321. The maximum Gasteiger partial charge on any atom is 0.264 e. The summed E-state index contributed by atoms with van der Waals surface area (Å²) in [6.45, 7) is 7.40. The minimum absolute atomic E-state index is 0.0276. The molecule has 1 atom stereocenters. The van der Waals surface area contributed by atoms with Crippen molar-refractivity contribution in [3.05, 3.63) is 94.0 Å². The van der Waals surface area contributed by atoms with Crippen LogP contribution in [0.2, 0.25) is 10.0 Å². The van der Waals surface area contributed by atoms with E-state index in [2.05, 4.69) is 5.32 Å². The second-order valence-electron chi connectivity index (χ2n) is 9.88. The van der Waals surface area contributed by atoms with Gasteiger partial charge in [-0.3, -0.25) is 13.9 Å². The second-order valence-corrected chi connectivity index (χ2v) is 12.6. The maximum absolute atomic E-state index is 14.1. The Kier molecular flexibility index (Phi) is 11.0. The molecule has 0 aliphatic rings. The van der Waals surface area contributed by atoms with Gasteiger partial charge in [0.15, 0.2) is 0 Å². The monoisotopic (exact) mass is 603 g/mol. The molecule has 0 bridgehead atoms. The molecule has 3 aromatic rings. The fourth-order valence-corrected chi connectivity index (χ4v) is 6.11. The molecule has 0 saturated heterocycles. The van der Waals surface area contributed by atoms with Gasteiger partial charge in [0, 0.05) is 23.1 Å². The number of sulfonamides is 1. The van der Waals surface area contributed by atoms with Gasteiger partial charge in [0.2, 0.25) is 11.8 Å². The number of benzene rings is 3. The fourth-order valence-electron chi connectivity index (χ4n) is 4.25. The molecule has 1 unspecified atom stereocenters. The van der Waals surface area contributed by atoms with Crippen molar-refractivity contribution in [2.45, 2.75) is 51.6 Å². The summed E-state index contributed by atoms with van der Waals surface area (Å²) in [5.41, 5.74) is 1.43. The number of hydrogen-bond donors (Lipinski definition) is 1. The van der Waals surface area contributed by atoms with E-state index < -0.39 is 28.5 Å². The van der Waals surface area contributed by atoms with Gasteiger partial charge < -0.3 is 10.2 Å². The number of amides is 2. The highest BCUT2D eigenvalue weighted by Gasteiger charge is 2.34. The Labute approximate surface area is 247 Å². The van der Waals surface area contributed by atoms with Gasteiger partial charge in [0.05, 0.1) is 10.6 Å². The summed E-state index contributed by atoms with van der Waals surface area (Å²) in [6, 6.07) is 19.0. The average Bonchev–Trinajstić information content (AvgIpc) is 2.93. The summed E-state index contributed by atoms with van der Waals surface area (Å²) in [7, 11) is -4.18. The first-order valence-electron chi connectivity index (χ1n) is 13.1. The SMILES string of the molecule is CCC(C(=O)NCC(C)C)N(Cc1ccccc1Cl)C(=O)CN(c1cccc(Cl)c1C)S(=O)(=O)c1ccccc1. The molecule has 0 aliphatic carbocycles. The van der Waals surface area contributed by atoms with E-state index in [1.165, 1.54) is 17.0 Å². The van der Waals surface area contributed by atoms with E-state index in [0.29, 0.717) is 34.1 Å². The van der Waals surface area contributed by atoms with Gasteiger partial charge in [-0.15, -0.1) is 0 Å². The average molecular weight is 605 g/mol. The molecule has 40 heavy (non-hydrogen) atoms. The molecule has 0 radical (unpaired) electrons. The molecular formula is C30H35Cl2N3O4S. The van der Waals surface area contributed by atoms with Crippen molar-refractivity contribution in [3.8, 4) is 0 Å². The third-order valence-electron chi connectivity index (χ3n) is 6.49. The molecular weight excluding hydrogens is 569 g/mol. The van der Waals surface area contributed by atoms with Gasteiger partial charge in [-0.05, 0) is 60.7 Å². The Morgan fingerprint density at radius 2 is 1.52 bits per heavy atom. The first kappa shape index (κ1) is 31.5. The normalized spacial score (nSPS) is 12.2. The van der Waals surface area contributed by atoms with Crippen molar-refractivity contribution in [1.29, 1.82) is 0 Å². The Hall–Kier alpha value is -3.07. The number of halogens is 2. The Morgan fingerprint density at radius 1 is 0.900 bits per heavy atom. The van der Waals surface area contributed by atoms with Crippen LogP contribution < -0.4 is 9.62 Å². The third-order valence-corrected chi connectivity index (χ3v) is 9.04. The van der Waals surface area contributed by atoms with Gasteiger partial charge in [-0.25, -0.2) is 8.42 Å². The first-order chi connectivity index (χ1) is 19.0. The van der Waals surface area contributed by atoms with Crippen LogP contribution in [-0.4, -0.2) is 44.3 Å². The zero-order valence-corrected chi connectivity index (χ0v) is 25.4. The van der Waals surface area contributed by atoms with Crippen LogP contribution >= 0.6 is 23.2 Å². The number of nitrogens with zero attached hydrogens (tertiary/aromatic N) is 2. The standard InChI is InChI=1S/C30H35Cl2N3O4S/c1-5-27(30(37)33-18-21(2)3)34(19-23-12-9-10-15-26(23)32)29(36)20-35(28-17-11-16-25(31)22(28)4)40(38,39)24-13-7-6-8-14-24/h6-17,21,27H,5,18-20H2,1-4H3,(H,33,37). The number of carbonyl (C=O) groups is 2. The fraction of sp³-hybridized carbons (Fsp3) is 0.333. The minimum Gasteiger partial charge on any atom is -0.354 e. The number of carbonyl (C=O) groups excluding carboxylic acids is 2. The van der Waals surface area contributed by atoms with Crippen LogP contribution in [-0.2, 0) is 26.2 Å². The Balaban J connectivity index is 2.09. The Bertz CT molecular complexity index is 1430. The van der Waals surface area contributed by atoms with Gasteiger partial charge in [0.25, 0.3) is 10.0 Å². The highest BCUT2D eigenvalue weighted by molar-refractivity contribution is 7.92. The predicted molar refractivity (Wildman–Crippen MR) is 161 cm³/mol.